The Morgan fingerprint density at radius 2 is 2.21 bits per heavy atom. The molecule has 2 N–H and O–H groups in total. The second-order valence-corrected chi connectivity index (χ2v) is 6.03. The van der Waals surface area contributed by atoms with Crippen LogP contribution in [0.3, 0.4) is 0 Å². The predicted molar refractivity (Wildman–Crippen MR) is 72.0 cm³/mol. The second kappa shape index (κ2) is 5.24. The molecule has 2 heterocycles. The van der Waals surface area contributed by atoms with Gasteiger partial charge in [-0.05, 0) is 20.8 Å². The van der Waals surface area contributed by atoms with E-state index in [2.05, 4.69) is 10.2 Å². The first-order valence-electron chi connectivity index (χ1n) is 6.07. The number of nitrogens with zero attached hydrogens (tertiary/aromatic N) is 2. The Labute approximate surface area is 115 Å². The number of thioether (sulfide) groups is 1. The van der Waals surface area contributed by atoms with Crippen molar-refractivity contribution in [2.24, 2.45) is 0 Å². The van der Waals surface area contributed by atoms with Gasteiger partial charge in [0.15, 0.2) is 0 Å². The average Bonchev–Trinajstić information content (AvgIpc) is 2.86. The number of carboxylic acids is 1. The summed E-state index contributed by atoms with van der Waals surface area (Å²) in [4.78, 5) is 25.0. The molecule has 7 heteroatoms. The zero-order chi connectivity index (χ0) is 14.2. The summed E-state index contributed by atoms with van der Waals surface area (Å²) in [6, 6.07) is -0.722. The third kappa shape index (κ3) is 2.60. The number of carbonyl (C=O) groups excluding carboxylic acids is 1. The van der Waals surface area contributed by atoms with Crippen molar-refractivity contribution >= 4 is 23.6 Å². The van der Waals surface area contributed by atoms with Crippen LogP contribution in [-0.4, -0.2) is 49.2 Å². The maximum Gasteiger partial charge on any atom is 0.327 e. The molecule has 0 aliphatic carbocycles. The lowest BCUT2D eigenvalue weighted by Crippen LogP contribution is -2.45. The van der Waals surface area contributed by atoms with Crippen LogP contribution in [0, 0.1) is 13.8 Å². The fraction of sp³-hybridized carbons (Fsp3) is 0.583. The third-order valence-electron chi connectivity index (χ3n) is 3.40. The molecule has 1 aromatic rings. The number of carboxylic acid groups (broad SMARTS) is 1. The van der Waals surface area contributed by atoms with E-state index in [-0.39, 0.29) is 17.7 Å². The van der Waals surface area contributed by atoms with Gasteiger partial charge in [-0.1, -0.05) is 0 Å². The Morgan fingerprint density at radius 1 is 1.53 bits per heavy atom. The average molecular weight is 283 g/mol. The van der Waals surface area contributed by atoms with Gasteiger partial charge in [-0.15, -0.1) is 11.8 Å². The standard InChI is InChI=1S/C12H17N3O3S/c1-6-9(7(2)14-13-6)4-11(16)15-8(3)19-5-10(15)12(17)18/h8,10H,4-5H2,1-3H3,(H,13,14)(H,17,18). The van der Waals surface area contributed by atoms with E-state index in [1.807, 2.05) is 20.8 Å². The molecular formula is C12H17N3O3S. The third-order valence-corrected chi connectivity index (χ3v) is 4.62. The van der Waals surface area contributed by atoms with Crippen molar-refractivity contribution in [1.29, 1.82) is 0 Å². The van der Waals surface area contributed by atoms with Gasteiger partial charge in [0.1, 0.15) is 6.04 Å². The maximum absolute atomic E-state index is 12.4. The fourth-order valence-corrected chi connectivity index (χ4v) is 3.48. The molecule has 6 nitrogen and oxygen atoms in total. The minimum atomic E-state index is -0.939. The lowest BCUT2D eigenvalue weighted by atomic mass is 10.1. The molecular weight excluding hydrogens is 266 g/mol. The highest BCUT2D eigenvalue weighted by atomic mass is 32.2. The molecule has 0 saturated carbocycles. The van der Waals surface area contributed by atoms with E-state index < -0.39 is 12.0 Å². The number of aromatic amines is 1. The van der Waals surface area contributed by atoms with Crippen molar-refractivity contribution < 1.29 is 14.7 Å². The highest BCUT2D eigenvalue weighted by Gasteiger charge is 2.39. The molecule has 2 unspecified atom stereocenters. The van der Waals surface area contributed by atoms with Crippen LogP contribution < -0.4 is 0 Å². The van der Waals surface area contributed by atoms with Gasteiger partial charge >= 0.3 is 5.97 Å². The number of rotatable bonds is 3. The van der Waals surface area contributed by atoms with Crippen molar-refractivity contribution in [1.82, 2.24) is 15.1 Å². The van der Waals surface area contributed by atoms with Gasteiger partial charge in [-0.25, -0.2) is 4.79 Å². The molecule has 2 rings (SSSR count). The molecule has 1 aromatic heterocycles. The Bertz CT molecular complexity index is 495. The van der Waals surface area contributed by atoms with Crippen molar-refractivity contribution in [3.63, 3.8) is 0 Å². The lowest BCUT2D eigenvalue weighted by Gasteiger charge is -2.25. The number of hydrogen-bond donors (Lipinski definition) is 2. The van der Waals surface area contributed by atoms with Crippen LogP contribution >= 0.6 is 11.8 Å². The topological polar surface area (TPSA) is 86.3 Å². The van der Waals surface area contributed by atoms with E-state index >= 15 is 0 Å². The van der Waals surface area contributed by atoms with Crippen molar-refractivity contribution in [2.75, 3.05) is 5.75 Å². The highest BCUT2D eigenvalue weighted by molar-refractivity contribution is 8.00. The number of carbonyl (C=O) groups is 2. The number of aliphatic carboxylic acids is 1. The second-order valence-electron chi connectivity index (χ2n) is 4.68. The molecule has 1 aliphatic heterocycles. The van der Waals surface area contributed by atoms with Crippen LogP contribution in [0.2, 0.25) is 0 Å². The molecule has 104 valence electrons. The van der Waals surface area contributed by atoms with E-state index in [9.17, 15) is 9.59 Å². The first kappa shape index (κ1) is 13.9. The lowest BCUT2D eigenvalue weighted by molar-refractivity contribution is -0.148. The smallest absolute Gasteiger partial charge is 0.327 e. The Kier molecular flexibility index (Phi) is 3.84. The van der Waals surface area contributed by atoms with Crippen LogP contribution in [0.4, 0.5) is 0 Å². The monoisotopic (exact) mass is 283 g/mol. The van der Waals surface area contributed by atoms with E-state index in [0.717, 1.165) is 17.0 Å². The largest absolute Gasteiger partial charge is 0.480 e. The van der Waals surface area contributed by atoms with Gasteiger partial charge in [0.25, 0.3) is 0 Å². The Balaban J connectivity index is 2.17. The van der Waals surface area contributed by atoms with Gasteiger partial charge in [-0.2, -0.15) is 5.10 Å². The van der Waals surface area contributed by atoms with Gasteiger partial charge in [-0.3, -0.25) is 9.89 Å². The van der Waals surface area contributed by atoms with Crippen LogP contribution in [0.25, 0.3) is 0 Å². The first-order valence-corrected chi connectivity index (χ1v) is 7.12. The summed E-state index contributed by atoms with van der Waals surface area (Å²) in [6.07, 6.45) is 0.197. The summed E-state index contributed by atoms with van der Waals surface area (Å²) in [7, 11) is 0. The maximum atomic E-state index is 12.4. The molecule has 1 saturated heterocycles. The number of nitrogens with one attached hydrogen (secondary N) is 1. The van der Waals surface area contributed by atoms with E-state index in [0.29, 0.717) is 5.75 Å². The minimum absolute atomic E-state index is 0.0962. The Morgan fingerprint density at radius 3 is 2.74 bits per heavy atom. The van der Waals surface area contributed by atoms with Crippen LogP contribution in [0.5, 0.6) is 0 Å². The molecule has 0 bridgehead atoms. The molecule has 1 aliphatic rings. The molecule has 1 amide bonds. The van der Waals surface area contributed by atoms with E-state index in [1.165, 1.54) is 16.7 Å². The van der Waals surface area contributed by atoms with Gasteiger partial charge in [0, 0.05) is 17.0 Å². The molecule has 19 heavy (non-hydrogen) atoms. The molecule has 1 fully saturated rings. The Hall–Kier alpha value is -1.50. The summed E-state index contributed by atoms with van der Waals surface area (Å²) in [5, 5.41) is 16.0. The van der Waals surface area contributed by atoms with Gasteiger partial charge in [0.2, 0.25) is 5.91 Å². The van der Waals surface area contributed by atoms with Crippen molar-refractivity contribution in [2.45, 2.75) is 38.6 Å². The first-order chi connectivity index (χ1) is 8.91. The van der Waals surface area contributed by atoms with E-state index in [4.69, 9.17) is 5.11 Å². The molecule has 2 atom stereocenters. The summed E-state index contributed by atoms with van der Waals surface area (Å²) in [5.74, 6) is -0.644. The molecule has 0 spiro atoms. The van der Waals surface area contributed by atoms with Gasteiger partial charge < -0.3 is 10.0 Å². The van der Waals surface area contributed by atoms with Gasteiger partial charge in [0.05, 0.1) is 17.5 Å². The fourth-order valence-electron chi connectivity index (χ4n) is 2.29. The molecule has 0 aromatic carbocycles. The number of hydrogen-bond acceptors (Lipinski definition) is 4. The zero-order valence-electron chi connectivity index (χ0n) is 11.1. The summed E-state index contributed by atoms with van der Waals surface area (Å²) in [6.45, 7) is 5.56. The number of amides is 1. The summed E-state index contributed by atoms with van der Waals surface area (Å²) in [5.41, 5.74) is 2.51. The molecule has 0 radical (unpaired) electrons. The normalized spacial score (nSPS) is 22.8. The predicted octanol–water partition coefficient (Wildman–Crippen LogP) is 0.944. The zero-order valence-corrected chi connectivity index (χ0v) is 12.0. The summed E-state index contributed by atoms with van der Waals surface area (Å²) >= 11 is 1.49. The van der Waals surface area contributed by atoms with Crippen molar-refractivity contribution in [3.8, 4) is 0 Å². The quantitative estimate of drug-likeness (QED) is 0.862. The van der Waals surface area contributed by atoms with Crippen LogP contribution in [-0.2, 0) is 16.0 Å². The minimum Gasteiger partial charge on any atom is -0.480 e. The van der Waals surface area contributed by atoms with Crippen LogP contribution in [0.15, 0.2) is 0 Å². The highest BCUT2D eigenvalue weighted by Crippen LogP contribution is 2.29. The SMILES string of the molecule is Cc1n[nH]c(C)c1CC(=O)N1C(C)SCC1C(=O)O. The van der Waals surface area contributed by atoms with E-state index in [1.54, 1.807) is 0 Å². The number of aryl methyl sites for hydroxylation is 2. The van der Waals surface area contributed by atoms with Crippen LogP contribution in [0.1, 0.15) is 23.9 Å². The number of H-pyrrole nitrogens is 1. The summed E-state index contributed by atoms with van der Waals surface area (Å²) < 4.78 is 0. The number of aromatic nitrogens is 2. The van der Waals surface area contributed by atoms with Crippen molar-refractivity contribution in [3.05, 3.63) is 17.0 Å².